The SMILES string of the molecule is COC(CNC(=O)c1ccccc1SC)CC(=O)O. The number of benzene rings is 1. The fourth-order valence-corrected chi connectivity index (χ4v) is 2.16. The molecule has 6 heteroatoms. The van der Waals surface area contributed by atoms with E-state index in [0.717, 1.165) is 4.90 Å². The Morgan fingerprint density at radius 1 is 1.42 bits per heavy atom. The van der Waals surface area contributed by atoms with E-state index < -0.39 is 12.1 Å². The summed E-state index contributed by atoms with van der Waals surface area (Å²) in [7, 11) is 1.43. The second kappa shape index (κ2) is 7.81. The van der Waals surface area contributed by atoms with Crippen molar-refractivity contribution in [2.45, 2.75) is 17.4 Å². The summed E-state index contributed by atoms with van der Waals surface area (Å²) in [5.74, 6) is -1.18. The Bertz CT molecular complexity index is 450. The lowest BCUT2D eigenvalue weighted by Crippen LogP contribution is -2.34. The summed E-state index contributed by atoms with van der Waals surface area (Å²) >= 11 is 1.49. The smallest absolute Gasteiger partial charge is 0.306 e. The Kier molecular flexibility index (Phi) is 6.38. The number of ether oxygens (including phenoxy) is 1. The van der Waals surface area contributed by atoms with Crippen LogP contribution >= 0.6 is 11.8 Å². The van der Waals surface area contributed by atoms with Crippen LogP contribution in [0.3, 0.4) is 0 Å². The number of rotatable bonds is 7. The predicted octanol–water partition coefficient (Wildman–Crippen LogP) is 1.63. The second-order valence-electron chi connectivity index (χ2n) is 3.87. The van der Waals surface area contributed by atoms with Gasteiger partial charge in [0.1, 0.15) is 0 Å². The fraction of sp³-hybridized carbons (Fsp3) is 0.385. The zero-order valence-corrected chi connectivity index (χ0v) is 11.7. The summed E-state index contributed by atoms with van der Waals surface area (Å²) in [4.78, 5) is 23.5. The van der Waals surface area contributed by atoms with Crippen LogP contribution in [0, 0.1) is 0 Å². The van der Waals surface area contributed by atoms with Crippen LogP contribution in [0.25, 0.3) is 0 Å². The Hall–Kier alpha value is -1.53. The Morgan fingerprint density at radius 2 is 2.11 bits per heavy atom. The molecule has 0 radical (unpaired) electrons. The van der Waals surface area contributed by atoms with Gasteiger partial charge in [-0.2, -0.15) is 0 Å². The van der Waals surface area contributed by atoms with Crippen LogP contribution in [0.4, 0.5) is 0 Å². The highest BCUT2D eigenvalue weighted by atomic mass is 32.2. The molecule has 5 nitrogen and oxygen atoms in total. The van der Waals surface area contributed by atoms with Crippen molar-refractivity contribution >= 4 is 23.6 Å². The summed E-state index contributed by atoms with van der Waals surface area (Å²) in [5, 5.41) is 11.4. The number of carbonyl (C=O) groups excluding carboxylic acids is 1. The van der Waals surface area contributed by atoms with E-state index in [0.29, 0.717) is 5.56 Å². The van der Waals surface area contributed by atoms with E-state index in [-0.39, 0.29) is 18.9 Å². The molecule has 1 rings (SSSR count). The van der Waals surface area contributed by atoms with Crippen LogP contribution in [0.2, 0.25) is 0 Å². The molecule has 1 aromatic carbocycles. The third-order valence-corrected chi connectivity index (χ3v) is 3.37. The quantitative estimate of drug-likeness (QED) is 0.744. The van der Waals surface area contributed by atoms with E-state index in [4.69, 9.17) is 9.84 Å². The molecule has 0 spiro atoms. The molecule has 1 atom stereocenters. The third kappa shape index (κ3) is 4.92. The molecule has 2 N–H and O–H groups in total. The summed E-state index contributed by atoms with van der Waals surface area (Å²) in [6, 6.07) is 7.26. The summed E-state index contributed by atoms with van der Waals surface area (Å²) in [6.45, 7) is 0.171. The van der Waals surface area contributed by atoms with Crippen LogP contribution < -0.4 is 5.32 Å². The van der Waals surface area contributed by atoms with Gasteiger partial charge in [-0.25, -0.2) is 0 Å². The molecule has 1 unspecified atom stereocenters. The normalized spacial score (nSPS) is 11.9. The first-order chi connectivity index (χ1) is 9.08. The number of thioether (sulfide) groups is 1. The number of carboxylic acid groups (broad SMARTS) is 1. The maximum atomic E-state index is 12.0. The van der Waals surface area contributed by atoms with Crippen LogP contribution in [-0.2, 0) is 9.53 Å². The van der Waals surface area contributed by atoms with Crippen LogP contribution in [0.5, 0.6) is 0 Å². The summed E-state index contributed by atoms with van der Waals surface area (Å²) < 4.78 is 5.00. The molecule has 1 amide bonds. The average molecular weight is 283 g/mol. The Balaban J connectivity index is 2.61. The van der Waals surface area contributed by atoms with Crippen molar-refractivity contribution in [3.05, 3.63) is 29.8 Å². The molecule has 0 bridgehead atoms. The van der Waals surface area contributed by atoms with Crippen molar-refractivity contribution in [3.63, 3.8) is 0 Å². The van der Waals surface area contributed by atoms with E-state index >= 15 is 0 Å². The Labute approximate surface area is 116 Å². The highest BCUT2D eigenvalue weighted by Crippen LogP contribution is 2.19. The van der Waals surface area contributed by atoms with Gasteiger partial charge in [0, 0.05) is 18.6 Å². The standard InChI is InChI=1S/C13H17NO4S/c1-18-9(7-12(15)16)8-14-13(17)10-5-3-4-6-11(10)19-2/h3-6,9H,7-8H2,1-2H3,(H,14,17)(H,15,16). The molecule has 0 fully saturated rings. The highest BCUT2D eigenvalue weighted by Gasteiger charge is 2.15. The minimum absolute atomic E-state index is 0.138. The van der Waals surface area contributed by atoms with Crippen molar-refractivity contribution in [3.8, 4) is 0 Å². The van der Waals surface area contributed by atoms with Crippen molar-refractivity contribution in [2.75, 3.05) is 19.9 Å². The van der Waals surface area contributed by atoms with E-state index in [1.165, 1.54) is 18.9 Å². The number of amides is 1. The number of carboxylic acids is 1. The predicted molar refractivity (Wildman–Crippen MR) is 73.6 cm³/mol. The van der Waals surface area contributed by atoms with Gasteiger partial charge < -0.3 is 15.2 Å². The lowest BCUT2D eigenvalue weighted by atomic mass is 10.2. The molecule has 0 aromatic heterocycles. The van der Waals surface area contributed by atoms with E-state index in [1.54, 1.807) is 12.1 Å². The van der Waals surface area contributed by atoms with Crippen LogP contribution in [0.15, 0.2) is 29.2 Å². The zero-order chi connectivity index (χ0) is 14.3. The van der Waals surface area contributed by atoms with E-state index in [9.17, 15) is 9.59 Å². The van der Waals surface area contributed by atoms with E-state index in [1.807, 2.05) is 18.4 Å². The number of aliphatic carboxylic acids is 1. The van der Waals surface area contributed by atoms with Crippen LogP contribution in [0.1, 0.15) is 16.8 Å². The van der Waals surface area contributed by atoms with Gasteiger partial charge in [0.05, 0.1) is 18.1 Å². The van der Waals surface area contributed by atoms with Gasteiger partial charge in [-0.1, -0.05) is 12.1 Å². The number of hydrogen-bond donors (Lipinski definition) is 2. The average Bonchev–Trinajstić information content (AvgIpc) is 2.42. The van der Waals surface area contributed by atoms with Gasteiger partial charge in [-0.3, -0.25) is 9.59 Å². The molecule has 0 heterocycles. The van der Waals surface area contributed by atoms with Crippen molar-refractivity contribution < 1.29 is 19.4 Å². The maximum absolute atomic E-state index is 12.0. The molecule has 0 saturated carbocycles. The first-order valence-corrected chi connectivity index (χ1v) is 6.96. The lowest BCUT2D eigenvalue weighted by Gasteiger charge is -2.14. The molecular weight excluding hydrogens is 266 g/mol. The highest BCUT2D eigenvalue weighted by molar-refractivity contribution is 7.98. The fourth-order valence-electron chi connectivity index (χ4n) is 1.57. The number of hydrogen-bond acceptors (Lipinski definition) is 4. The zero-order valence-electron chi connectivity index (χ0n) is 10.9. The first kappa shape index (κ1) is 15.5. The molecule has 0 aliphatic carbocycles. The number of carbonyl (C=O) groups is 2. The summed E-state index contributed by atoms with van der Waals surface area (Å²) in [5.41, 5.74) is 0.583. The monoisotopic (exact) mass is 283 g/mol. The van der Waals surface area contributed by atoms with Gasteiger partial charge in [0.25, 0.3) is 5.91 Å². The van der Waals surface area contributed by atoms with Gasteiger partial charge >= 0.3 is 5.97 Å². The molecule has 0 aliphatic heterocycles. The molecular formula is C13H17NO4S. The molecule has 19 heavy (non-hydrogen) atoms. The number of nitrogens with one attached hydrogen (secondary N) is 1. The minimum Gasteiger partial charge on any atom is -0.481 e. The largest absolute Gasteiger partial charge is 0.481 e. The molecule has 0 saturated heterocycles. The van der Waals surface area contributed by atoms with Crippen molar-refractivity contribution in [1.29, 1.82) is 0 Å². The molecule has 1 aromatic rings. The van der Waals surface area contributed by atoms with E-state index in [2.05, 4.69) is 5.32 Å². The first-order valence-electron chi connectivity index (χ1n) is 5.74. The van der Waals surface area contributed by atoms with Gasteiger partial charge in [0.2, 0.25) is 0 Å². The van der Waals surface area contributed by atoms with Gasteiger partial charge in [0.15, 0.2) is 0 Å². The Morgan fingerprint density at radius 3 is 2.68 bits per heavy atom. The molecule has 0 aliphatic rings. The van der Waals surface area contributed by atoms with Crippen molar-refractivity contribution in [2.24, 2.45) is 0 Å². The maximum Gasteiger partial charge on any atom is 0.306 e. The van der Waals surface area contributed by atoms with Crippen LogP contribution in [-0.4, -0.2) is 43.0 Å². The number of methoxy groups -OCH3 is 1. The second-order valence-corrected chi connectivity index (χ2v) is 4.71. The third-order valence-electron chi connectivity index (χ3n) is 2.58. The van der Waals surface area contributed by atoms with Crippen molar-refractivity contribution in [1.82, 2.24) is 5.32 Å². The lowest BCUT2D eigenvalue weighted by molar-refractivity contribution is -0.139. The minimum atomic E-state index is -0.953. The topological polar surface area (TPSA) is 75.6 Å². The molecule has 104 valence electrons. The van der Waals surface area contributed by atoms with Gasteiger partial charge in [-0.05, 0) is 18.4 Å². The summed E-state index contributed by atoms with van der Waals surface area (Å²) in [6.07, 6.45) is 1.23. The van der Waals surface area contributed by atoms with Gasteiger partial charge in [-0.15, -0.1) is 11.8 Å².